The zero-order valence-corrected chi connectivity index (χ0v) is 8.57. The van der Waals surface area contributed by atoms with Crippen molar-refractivity contribution in [2.75, 3.05) is 5.32 Å². The van der Waals surface area contributed by atoms with Gasteiger partial charge >= 0.3 is 0 Å². The van der Waals surface area contributed by atoms with E-state index in [1.807, 2.05) is 0 Å². The molecule has 0 fully saturated rings. The van der Waals surface area contributed by atoms with Gasteiger partial charge in [0.2, 0.25) is 0 Å². The van der Waals surface area contributed by atoms with Crippen LogP contribution in [-0.4, -0.2) is 4.98 Å². The minimum absolute atomic E-state index is 0.257. The minimum Gasteiger partial charge on any atom is -0.332 e. The van der Waals surface area contributed by atoms with Gasteiger partial charge in [-0.1, -0.05) is 11.6 Å². The predicted molar refractivity (Wildman–Crippen MR) is 56.8 cm³/mol. The fraction of sp³-hybridized carbons (Fsp3) is 0. The van der Waals surface area contributed by atoms with Crippen LogP contribution in [0.1, 0.15) is 0 Å². The van der Waals surface area contributed by atoms with E-state index in [2.05, 4.69) is 10.3 Å². The Kier molecular flexibility index (Phi) is 2.65. The molecule has 14 heavy (non-hydrogen) atoms. The van der Waals surface area contributed by atoms with E-state index in [1.54, 1.807) is 17.5 Å². The van der Waals surface area contributed by atoms with Gasteiger partial charge in [0, 0.05) is 11.1 Å². The molecule has 72 valence electrons. The Balaban J connectivity index is 2.15. The van der Waals surface area contributed by atoms with Crippen LogP contribution in [0.3, 0.4) is 0 Å². The number of benzene rings is 1. The van der Waals surface area contributed by atoms with Crippen molar-refractivity contribution in [1.29, 1.82) is 0 Å². The molecule has 5 heteroatoms. The second-order valence-corrected chi connectivity index (χ2v) is 3.85. The van der Waals surface area contributed by atoms with Crippen LogP contribution in [0.25, 0.3) is 0 Å². The van der Waals surface area contributed by atoms with Crippen molar-refractivity contribution in [3.63, 3.8) is 0 Å². The van der Waals surface area contributed by atoms with Crippen LogP contribution >= 0.6 is 22.9 Å². The number of hydrogen-bond donors (Lipinski definition) is 1. The van der Waals surface area contributed by atoms with Crippen LogP contribution in [0, 0.1) is 5.82 Å². The first-order valence-electron chi connectivity index (χ1n) is 3.88. The fourth-order valence-corrected chi connectivity index (χ4v) is 1.83. The Hall–Kier alpha value is -1.13. The van der Waals surface area contributed by atoms with E-state index >= 15 is 0 Å². The van der Waals surface area contributed by atoms with E-state index in [-0.39, 0.29) is 5.82 Å². The lowest BCUT2D eigenvalue weighted by Crippen LogP contribution is -1.88. The number of aromatic nitrogens is 1. The molecule has 0 saturated heterocycles. The molecule has 1 heterocycles. The van der Waals surface area contributed by atoms with Crippen molar-refractivity contribution >= 4 is 33.8 Å². The summed E-state index contributed by atoms with van der Waals surface area (Å²) >= 11 is 7.05. The average Bonchev–Trinajstić information content (AvgIpc) is 2.56. The third-order valence-electron chi connectivity index (χ3n) is 1.57. The van der Waals surface area contributed by atoms with E-state index in [1.165, 1.54) is 23.5 Å². The fourth-order valence-electron chi connectivity index (χ4n) is 0.968. The zero-order valence-electron chi connectivity index (χ0n) is 7.00. The van der Waals surface area contributed by atoms with Crippen LogP contribution in [0.5, 0.6) is 0 Å². The Morgan fingerprint density at radius 2 is 2.00 bits per heavy atom. The number of hydrogen-bond acceptors (Lipinski definition) is 3. The van der Waals surface area contributed by atoms with E-state index in [9.17, 15) is 4.39 Å². The largest absolute Gasteiger partial charge is 0.332 e. The summed E-state index contributed by atoms with van der Waals surface area (Å²) in [4.78, 5) is 4.01. The molecule has 1 aromatic carbocycles. The molecular formula is C9H6ClFN2S. The first kappa shape index (κ1) is 9.43. The highest BCUT2D eigenvalue weighted by Gasteiger charge is 1.99. The quantitative estimate of drug-likeness (QED) is 0.848. The van der Waals surface area contributed by atoms with Crippen molar-refractivity contribution in [2.45, 2.75) is 0 Å². The molecule has 1 N–H and O–H groups in total. The van der Waals surface area contributed by atoms with Crippen molar-refractivity contribution < 1.29 is 4.39 Å². The highest BCUT2D eigenvalue weighted by Crippen LogP contribution is 2.22. The highest BCUT2D eigenvalue weighted by atomic mass is 35.5. The molecule has 2 nitrogen and oxygen atoms in total. The van der Waals surface area contributed by atoms with Crippen molar-refractivity contribution in [3.05, 3.63) is 40.6 Å². The lowest BCUT2D eigenvalue weighted by molar-refractivity contribution is 0.628. The van der Waals surface area contributed by atoms with Gasteiger partial charge in [-0.3, -0.25) is 0 Å². The van der Waals surface area contributed by atoms with E-state index in [0.29, 0.717) is 10.3 Å². The molecule has 1 aromatic heterocycles. The molecule has 0 spiro atoms. The lowest BCUT2D eigenvalue weighted by atomic mass is 10.3. The highest BCUT2D eigenvalue weighted by molar-refractivity contribution is 7.14. The number of halogens is 2. The topological polar surface area (TPSA) is 24.9 Å². The maximum atomic E-state index is 12.6. The van der Waals surface area contributed by atoms with Gasteiger partial charge < -0.3 is 5.32 Å². The van der Waals surface area contributed by atoms with Gasteiger partial charge in [0.1, 0.15) is 11.0 Å². The maximum Gasteiger partial charge on any atom is 0.188 e. The van der Waals surface area contributed by atoms with Crippen LogP contribution < -0.4 is 5.32 Å². The molecule has 0 aliphatic rings. The molecule has 0 radical (unpaired) electrons. The summed E-state index contributed by atoms with van der Waals surface area (Å²) in [5, 5.41) is 5.89. The van der Waals surface area contributed by atoms with E-state index < -0.39 is 0 Å². The number of anilines is 2. The lowest BCUT2D eigenvalue weighted by Gasteiger charge is -2.00. The molecule has 0 aliphatic carbocycles. The Bertz CT molecular complexity index is 427. The van der Waals surface area contributed by atoms with Gasteiger partial charge in [-0.2, -0.15) is 0 Å². The molecule has 2 aromatic rings. The summed E-state index contributed by atoms with van der Waals surface area (Å²) in [7, 11) is 0. The monoisotopic (exact) mass is 228 g/mol. The van der Waals surface area contributed by atoms with E-state index in [0.717, 1.165) is 5.69 Å². The summed E-state index contributed by atoms with van der Waals surface area (Å²) in [5.74, 6) is -0.257. The average molecular weight is 229 g/mol. The third-order valence-corrected chi connectivity index (χ3v) is 2.65. The second-order valence-electron chi connectivity index (χ2n) is 2.61. The van der Waals surface area contributed by atoms with Gasteiger partial charge in [0.25, 0.3) is 0 Å². The van der Waals surface area contributed by atoms with Gasteiger partial charge in [-0.05, 0) is 24.3 Å². The Labute approximate surface area is 89.4 Å². The molecule has 0 atom stereocenters. The zero-order chi connectivity index (χ0) is 9.97. The minimum atomic E-state index is -0.257. The van der Waals surface area contributed by atoms with Crippen molar-refractivity contribution in [2.24, 2.45) is 0 Å². The molecule has 0 bridgehead atoms. The normalized spacial score (nSPS) is 10.1. The van der Waals surface area contributed by atoms with Crippen LogP contribution in [0.2, 0.25) is 5.15 Å². The molecule has 0 saturated carbocycles. The summed E-state index contributed by atoms with van der Waals surface area (Å²) < 4.78 is 12.6. The Morgan fingerprint density at radius 3 is 2.57 bits per heavy atom. The van der Waals surface area contributed by atoms with E-state index in [4.69, 9.17) is 11.6 Å². The summed E-state index contributed by atoms with van der Waals surface area (Å²) in [6.45, 7) is 0. The molecule has 0 amide bonds. The van der Waals surface area contributed by atoms with Crippen molar-refractivity contribution in [1.82, 2.24) is 4.98 Å². The summed E-state index contributed by atoms with van der Waals surface area (Å²) in [6, 6.07) is 6.06. The number of rotatable bonds is 2. The van der Waals surface area contributed by atoms with Crippen LogP contribution in [0.4, 0.5) is 15.2 Å². The van der Waals surface area contributed by atoms with Gasteiger partial charge in [0.05, 0.1) is 0 Å². The standard InChI is InChI=1S/C9H6ClFN2S/c10-8-5-14-9(13-8)12-7-3-1-6(11)2-4-7/h1-5H,(H,12,13). The first-order valence-corrected chi connectivity index (χ1v) is 5.13. The SMILES string of the molecule is Fc1ccc(Nc2nc(Cl)cs2)cc1. The number of thiazole rings is 1. The van der Waals surface area contributed by atoms with Crippen LogP contribution in [-0.2, 0) is 0 Å². The second kappa shape index (κ2) is 3.94. The molecule has 0 unspecified atom stereocenters. The number of nitrogens with zero attached hydrogens (tertiary/aromatic N) is 1. The Morgan fingerprint density at radius 1 is 1.29 bits per heavy atom. The van der Waals surface area contributed by atoms with Crippen molar-refractivity contribution in [3.8, 4) is 0 Å². The summed E-state index contributed by atoms with van der Waals surface area (Å²) in [6.07, 6.45) is 0. The van der Waals surface area contributed by atoms with Gasteiger partial charge in [0.15, 0.2) is 5.13 Å². The van der Waals surface area contributed by atoms with Gasteiger partial charge in [-0.15, -0.1) is 11.3 Å². The maximum absolute atomic E-state index is 12.6. The smallest absolute Gasteiger partial charge is 0.188 e. The third kappa shape index (κ3) is 2.21. The number of nitrogens with one attached hydrogen (secondary N) is 1. The first-order chi connectivity index (χ1) is 6.74. The molecule has 2 rings (SSSR count). The molecular weight excluding hydrogens is 223 g/mol. The summed E-state index contributed by atoms with van der Waals surface area (Å²) in [5.41, 5.74) is 0.789. The van der Waals surface area contributed by atoms with Crippen LogP contribution in [0.15, 0.2) is 29.6 Å². The predicted octanol–water partition coefficient (Wildman–Crippen LogP) is 3.68. The van der Waals surface area contributed by atoms with Gasteiger partial charge in [-0.25, -0.2) is 9.37 Å². The molecule has 0 aliphatic heterocycles.